The van der Waals surface area contributed by atoms with Gasteiger partial charge in [0, 0.05) is 30.1 Å². The monoisotopic (exact) mass is 256 g/mol. The molecular formula is C15H20N4. The van der Waals surface area contributed by atoms with E-state index in [1.165, 1.54) is 12.8 Å². The summed E-state index contributed by atoms with van der Waals surface area (Å²) in [6.45, 7) is 4.36. The first-order valence-electron chi connectivity index (χ1n) is 6.99. The van der Waals surface area contributed by atoms with E-state index in [1.807, 2.05) is 12.3 Å². The Bertz CT molecular complexity index is 526. The highest BCUT2D eigenvalue weighted by Crippen LogP contribution is 2.22. The van der Waals surface area contributed by atoms with E-state index in [4.69, 9.17) is 4.98 Å². The number of aryl methyl sites for hydroxylation is 1. The SMILES string of the molecule is Cc1[nH]c(CC2CCNCC2)nc1-c1cccnc1. The molecular weight excluding hydrogens is 236 g/mol. The second kappa shape index (κ2) is 5.53. The maximum absolute atomic E-state index is 4.76. The third-order valence-electron chi connectivity index (χ3n) is 3.81. The summed E-state index contributed by atoms with van der Waals surface area (Å²) in [7, 11) is 0. The summed E-state index contributed by atoms with van der Waals surface area (Å²) >= 11 is 0. The minimum Gasteiger partial charge on any atom is -0.346 e. The molecule has 19 heavy (non-hydrogen) atoms. The molecule has 3 rings (SSSR count). The Labute approximate surface area is 113 Å². The molecule has 0 atom stereocenters. The Morgan fingerprint density at radius 3 is 2.89 bits per heavy atom. The van der Waals surface area contributed by atoms with Gasteiger partial charge in [-0.05, 0) is 50.9 Å². The van der Waals surface area contributed by atoms with E-state index in [0.717, 1.165) is 48.2 Å². The molecule has 0 saturated carbocycles. The van der Waals surface area contributed by atoms with E-state index in [9.17, 15) is 0 Å². The van der Waals surface area contributed by atoms with Crippen LogP contribution in [0.5, 0.6) is 0 Å². The molecule has 0 bridgehead atoms. The lowest BCUT2D eigenvalue weighted by Gasteiger charge is -2.21. The van der Waals surface area contributed by atoms with Crippen LogP contribution in [0.1, 0.15) is 24.4 Å². The van der Waals surface area contributed by atoms with Crippen molar-refractivity contribution < 1.29 is 0 Å². The highest BCUT2D eigenvalue weighted by molar-refractivity contribution is 5.60. The summed E-state index contributed by atoms with van der Waals surface area (Å²) < 4.78 is 0. The number of hydrogen-bond donors (Lipinski definition) is 2. The maximum Gasteiger partial charge on any atom is 0.107 e. The number of aromatic amines is 1. The van der Waals surface area contributed by atoms with E-state index in [0.29, 0.717) is 0 Å². The molecule has 100 valence electrons. The van der Waals surface area contributed by atoms with Gasteiger partial charge in [-0.25, -0.2) is 4.98 Å². The first kappa shape index (κ1) is 12.4. The van der Waals surface area contributed by atoms with Crippen LogP contribution >= 0.6 is 0 Å². The maximum atomic E-state index is 4.76. The second-order valence-electron chi connectivity index (χ2n) is 5.30. The minimum absolute atomic E-state index is 0.758. The molecule has 0 unspecified atom stereocenters. The van der Waals surface area contributed by atoms with Crippen molar-refractivity contribution in [3.8, 4) is 11.3 Å². The van der Waals surface area contributed by atoms with Gasteiger partial charge < -0.3 is 10.3 Å². The van der Waals surface area contributed by atoms with Crippen LogP contribution in [-0.4, -0.2) is 28.0 Å². The number of hydrogen-bond acceptors (Lipinski definition) is 3. The van der Waals surface area contributed by atoms with Crippen molar-refractivity contribution in [2.45, 2.75) is 26.2 Å². The number of nitrogens with zero attached hydrogens (tertiary/aromatic N) is 2. The van der Waals surface area contributed by atoms with Crippen molar-refractivity contribution in [2.75, 3.05) is 13.1 Å². The van der Waals surface area contributed by atoms with Gasteiger partial charge >= 0.3 is 0 Å². The molecule has 0 aliphatic carbocycles. The minimum atomic E-state index is 0.758. The van der Waals surface area contributed by atoms with Gasteiger partial charge in [-0.15, -0.1) is 0 Å². The standard InChI is InChI=1S/C15H20N4/c1-11-15(13-3-2-6-17-10-13)19-14(18-11)9-12-4-7-16-8-5-12/h2-3,6,10,12,16H,4-5,7-9H2,1H3,(H,18,19). The Kier molecular flexibility index (Phi) is 3.60. The quantitative estimate of drug-likeness (QED) is 0.886. The molecule has 4 heteroatoms. The molecule has 0 aromatic carbocycles. The van der Waals surface area contributed by atoms with E-state index < -0.39 is 0 Å². The van der Waals surface area contributed by atoms with Crippen molar-refractivity contribution in [3.63, 3.8) is 0 Å². The molecule has 1 aliphatic rings. The topological polar surface area (TPSA) is 53.6 Å². The van der Waals surface area contributed by atoms with Crippen molar-refractivity contribution in [2.24, 2.45) is 5.92 Å². The molecule has 0 spiro atoms. The van der Waals surface area contributed by atoms with Crippen LogP contribution in [0.2, 0.25) is 0 Å². The van der Waals surface area contributed by atoms with Gasteiger partial charge in [0.15, 0.2) is 0 Å². The van der Waals surface area contributed by atoms with Gasteiger partial charge in [0.1, 0.15) is 5.82 Å². The lowest BCUT2D eigenvalue weighted by Crippen LogP contribution is -2.28. The molecule has 1 aliphatic heterocycles. The van der Waals surface area contributed by atoms with E-state index in [2.05, 4.69) is 28.3 Å². The van der Waals surface area contributed by atoms with Gasteiger partial charge in [-0.1, -0.05) is 0 Å². The third-order valence-corrected chi connectivity index (χ3v) is 3.81. The predicted octanol–water partition coefficient (Wildman–Crippen LogP) is 2.32. The van der Waals surface area contributed by atoms with Crippen molar-refractivity contribution in [1.82, 2.24) is 20.3 Å². The summed E-state index contributed by atoms with van der Waals surface area (Å²) in [6, 6.07) is 4.01. The Morgan fingerprint density at radius 1 is 1.32 bits per heavy atom. The largest absolute Gasteiger partial charge is 0.346 e. The van der Waals surface area contributed by atoms with Gasteiger partial charge in [-0.3, -0.25) is 4.98 Å². The molecule has 0 radical (unpaired) electrons. The van der Waals surface area contributed by atoms with E-state index in [-0.39, 0.29) is 0 Å². The zero-order valence-electron chi connectivity index (χ0n) is 11.3. The Morgan fingerprint density at radius 2 is 2.16 bits per heavy atom. The van der Waals surface area contributed by atoms with Crippen LogP contribution in [0.4, 0.5) is 0 Å². The number of pyridine rings is 1. The molecule has 1 fully saturated rings. The molecule has 0 amide bonds. The fourth-order valence-corrected chi connectivity index (χ4v) is 2.76. The number of rotatable bonds is 3. The first-order chi connectivity index (χ1) is 9.33. The number of aromatic nitrogens is 3. The summed E-state index contributed by atoms with van der Waals surface area (Å²) in [5.74, 6) is 1.87. The second-order valence-corrected chi connectivity index (χ2v) is 5.30. The highest BCUT2D eigenvalue weighted by atomic mass is 14.9. The molecule has 2 aromatic rings. The summed E-state index contributed by atoms with van der Waals surface area (Å²) in [5.41, 5.74) is 3.27. The van der Waals surface area contributed by atoms with Crippen LogP contribution in [-0.2, 0) is 6.42 Å². The molecule has 2 aromatic heterocycles. The number of imidazole rings is 1. The summed E-state index contributed by atoms with van der Waals surface area (Å²) in [5, 5.41) is 3.40. The smallest absolute Gasteiger partial charge is 0.107 e. The predicted molar refractivity (Wildman–Crippen MR) is 75.9 cm³/mol. The molecule has 3 heterocycles. The van der Waals surface area contributed by atoms with Crippen LogP contribution in [0.15, 0.2) is 24.5 Å². The van der Waals surface area contributed by atoms with Crippen molar-refractivity contribution in [1.29, 1.82) is 0 Å². The lowest BCUT2D eigenvalue weighted by atomic mass is 9.94. The number of piperidine rings is 1. The van der Waals surface area contributed by atoms with E-state index in [1.54, 1.807) is 6.20 Å². The van der Waals surface area contributed by atoms with E-state index >= 15 is 0 Å². The zero-order valence-corrected chi connectivity index (χ0v) is 11.3. The molecule has 4 nitrogen and oxygen atoms in total. The molecule has 1 saturated heterocycles. The van der Waals surface area contributed by atoms with Crippen LogP contribution in [0, 0.1) is 12.8 Å². The van der Waals surface area contributed by atoms with Gasteiger partial charge in [0.25, 0.3) is 0 Å². The van der Waals surface area contributed by atoms with Gasteiger partial charge in [0.2, 0.25) is 0 Å². The fraction of sp³-hybridized carbons (Fsp3) is 0.467. The van der Waals surface area contributed by atoms with Crippen molar-refractivity contribution >= 4 is 0 Å². The Hall–Kier alpha value is -1.68. The highest BCUT2D eigenvalue weighted by Gasteiger charge is 2.16. The average molecular weight is 256 g/mol. The molecule has 2 N–H and O–H groups in total. The lowest BCUT2D eigenvalue weighted by molar-refractivity contribution is 0.368. The van der Waals surface area contributed by atoms with Crippen LogP contribution < -0.4 is 5.32 Å². The van der Waals surface area contributed by atoms with Crippen molar-refractivity contribution in [3.05, 3.63) is 36.0 Å². The van der Waals surface area contributed by atoms with Crippen LogP contribution in [0.3, 0.4) is 0 Å². The number of H-pyrrole nitrogens is 1. The fourth-order valence-electron chi connectivity index (χ4n) is 2.76. The zero-order chi connectivity index (χ0) is 13.1. The average Bonchev–Trinajstić information content (AvgIpc) is 2.82. The Balaban J connectivity index is 1.77. The van der Waals surface area contributed by atoms with Gasteiger partial charge in [-0.2, -0.15) is 0 Å². The van der Waals surface area contributed by atoms with Gasteiger partial charge in [0.05, 0.1) is 5.69 Å². The summed E-state index contributed by atoms with van der Waals surface area (Å²) in [6.07, 6.45) is 7.23. The first-order valence-corrected chi connectivity index (χ1v) is 6.99. The van der Waals surface area contributed by atoms with Crippen LogP contribution in [0.25, 0.3) is 11.3 Å². The normalized spacial score (nSPS) is 16.7. The summed E-state index contributed by atoms with van der Waals surface area (Å²) in [4.78, 5) is 12.4. The number of nitrogens with one attached hydrogen (secondary N) is 2. The third kappa shape index (κ3) is 2.84.